The number of halogens is 3. The number of nitrogens with one attached hydrogen (secondary N) is 1. The van der Waals surface area contributed by atoms with Gasteiger partial charge in [-0.1, -0.05) is 0 Å². The molecule has 0 heterocycles. The summed E-state index contributed by atoms with van der Waals surface area (Å²) in [6.07, 6.45) is -2.90. The number of nitrogens with zero attached hydrogens (tertiary/aromatic N) is 1. The van der Waals surface area contributed by atoms with Crippen LogP contribution >= 0.6 is 0 Å². The SMILES string of the molecule is O=[N+]([O-])c1ccc(S(=O)(=O)NCC(F)F)cc1F. The predicted molar refractivity (Wildman–Crippen MR) is 54.2 cm³/mol. The minimum Gasteiger partial charge on any atom is -0.258 e. The van der Waals surface area contributed by atoms with Crippen LogP contribution in [-0.2, 0) is 10.0 Å². The normalized spacial score (nSPS) is 11.8. The van der Waals surface area contributed by atoms with Crippen molar-refractivity contribution in [3.63, 3.8) is 0 Å². The van der Waals surface area contributed by atoms with Crippen LogP contribution in [0.5, 0.6) is 0 Å². The largest absolute Gasteiger partial charge is 0.304 e. The average Bonchev–Trinajstić information content (AvgIpc) is 2.26. The Morgan fingerprint density at radius 3 is 2.44 bits per heavy atom. The van der Waals surface area contributed by atoms with Gasteiger partial charge in [0.1, 0.15) is 0 Å². The highest BCUT2D eigenvalue weighted by Gasteiger charge is 2.21. The lowest BCUT2D eigenvalue weighted by molar-refractivity contribution is -0.387. The summed E-state index contributed by atoms with van der Waals surface area (Å²) in [6, 6.07) is 1.80. The maximum Gasteiger partial charge on any atom is 0.304 e. The fourth-order valence-electron chi connectivity index (χ4n) is 1.06. The van der Waals surface area contributed by atoms with Crippen molar-refractivity contribution in [3.05, 3.63) is 34.1 Å². The van der Waals surface area contributed by atoms with Gasteiger partial charge in [-0.25, -0.2) is 21.9 Å². The molecule has 0 aliphatic rings. The van der Waals surface area contributed by atoms with Gasteiger partial charge < -0.3 is 0 Å². The van der Waals surface area contributed by atoms with Crippen molar-refractivity contribution in [2.75, 3.05) is 6.54 Å². The van der Waals surface area contributed by atoms with Gasteiger partial charge in [0.25, 0.3) is 6.43 Å². The minimum atomic E-state index is -4.31. The molecule has 0 aliphatic heterocycles. The highest BCUT2D eigenvalue weighted by atomic mass is 32.2. The molecule has 0 fully saturated rings. The molecule has 0 saturated heterocycles. The Balaban J connectivity index is 3.04. The zero-order valence-electron chi connectivity index (χ0n) is 8.64. The van der Waals surface area contributed by atoms with Crippen molar-refractivity contribution in [3.8, 4) is 0 Å². The van der Waals surface area contributed by atoms with Crippen LogP contribution in [-0.4, -0.2) is 26.3 Å². The summed E-state index contributed by atoms with van der Waals surface area (Å²) in [4.78, 5) is 8.61. The summed E-state index contributed by atoms with van der Waals surface area (Å²) in [5.41, 5.74) is -0.900. The van der Waals surface area contributed by atoms with Gasteiger partial charge in [0, 0.05) is 12.1 Å². The molecule has 1 aromatic carbocycles. The van der Waals surface area contributed by atoms with Crippen LogP contribution in [0.25, 0.3) is 0 Å². The predicted octanol–water partition coefficient (Wildman–Crippen LogP) is 1.28. The molecule has 0 atom stereocenters. The zero-order chi connectivity index (χ0) is 13.9. The van der Waals surface area contributed by atoms with Gasteiger partial charge in [-0.05, 0) is 6.07 Å². The van der Waals surface area contributed by atoms with Crippen LogP contribution in [0.3, 0.4) is 0 Å². The molecule has 1 rings (SSSR count). The monoisotopic (exact) mass is 284 g/mol. The second kappa shape index (κ2) is 5.31. The highest BCUT2D eigenvalue weighted by Crippen LogP contribution is 2.20. The Kier molecular flexibility index (Phi) is 4.24. The molecule has 6 nitrogen and oxygen atoms in total. The first kappa shape index (κ1) is 14.4. The molecule has 18 heavy (non-hydrogen) atoms. The van der Waals surface area contributed by atoms with E-state index in [0.29, 0.717) is 12.1 Å². The Hall–Kier alpha value is -1.68. The maximum atomic E-state index is 13.1. The van der Waals surface area contributed by atoms with E-state index in [-0.39, 0.29) is 0 Å². The number of sulfonamides is 1. The smallest absolute Gasteiger partial charge is 0.258 e. The molecular weight excluding hydrogens is 277 g/mol. The number of benzene rings is 1. The van der Waals surface area contributed by atoms with E-state index in [9.17, 15) is 31.7 Å². The maximum absolute atomic E-state index is 13.1. The fourth-order valence-corrected chi connectivity index (χ4v) is 2.08. The Bertz CT molecular complexity index is 561. The summed E-state index contributed by atoms with van der Waals surface area (Å²) in [7, 11) is -4.31. The molecule has 0 unspecified atom stereocenters. The Morgan fingerprint density at radius 2 is 2.00 bits per heavy atom. The van der Waals surface area contributed by atoms with E-state index in [1.807, 2.05) is 0 Å². The van der Waals surface area contributed by atoms with E-state index in [1.165, 1.54) is 4.72 Å². The third-order valence-electron chi connectivity index (χ3n) is 1.85. The minimum absolute atomic E-state index is 0.395. The summed E-state index contributed by atoms with van der Waals surface area (Å²) in [5.74, 6) is -1.36. The van der Waals surface area contributed by atoms with Crippen LogP contribution in [0.1, 0.15) is 0 Å². The van der Waals surface area contributed by atoms with Crippen molar-refractivity contribution in [1.82, 2.24) is 4.72 Å². The van der Waals surface area contributed by atoms with Gasteiger partial charge in [-0.2, -0.15) is 4.39 Å². The van der Waals surface area contributed by atoms with Crippen molar-refractivity contribution in [1.29, 1.82) is 0 Å². The third kappa shape index (κ3) is 3.40. The number of hydrogen-bond acceptors (Lipinski definition) is 4. The van der Waals surface area contributed by atoms with Crippen molar-refractivity contribution in [2.24, 2.45) is 0 Å². The van der Waals surface area contributed by atoms with Gasteiger partial charge in [-0.3, -0.25) is 10.1 Å². The van der Waals surface area contributed by atoms with Gasteiger partial charge in [0.05, 0.1) is 16.4 Å². The highest BCUT2D eigenvalue weighted by molar-refractivity contribution is 7.89. The quantitative estimate of drug-likeness (QED) is 0.651. The third-order valence-corrected chi connectivity index (χ3v) is 3.28. The lowest BCUT2D eigenvalue weighted by atomic mass is 10.3. The molecule has 10 heteroatoms. The number of rotatable bonds is 5. The van der Waals surface area contributed by atoms with Gasteiger partial charge >= 0.3 is 5.69 Å². The summed E-state index contributed by atoms with van der Waals surface area (Å²) >= 11 is 0. The molecule has 100 valence electrons. The molecule has 0 spiro atoms. The van der Waals surface area contributed by atoms with E-state index < -0.39 is 44.3 Å². The molecule has 0 bridgehead atoms. The van der Waals surface area contributed by atoms with E-state index in [2.05, 4.69) is 0 Å². The molecule has 0 radical (unpaired) electrons. The summed E-state index contributed by atoms with van der Waals surface area (Å²) in [6.45, 7) is -1.12. The second-order valence-corrected chi connectivity index (χ2v) is 4.88. The Labute approximate surface area is 99.6 Å². The number of hydrogen-bond donors (Lipinski definition) is 1. The summed E-state index contributed by atoms with van der Waals surface area (Å²) < 4.78 is 61.1. The first-order valence-electron chi connectivity index (χ1n) is 4.46. The Morgan fingerprint density at radius 1 is 1.39 bits per heavy atom. The van der Waals surface area contributed by atoms with E-state index >= 15 is 0 Å². The van der Waals surface area contributed by atoms with Crippen LogP contribution in [0.2, 0.25) is 0 Å². The molecule has 0 saturated carbocycles. The molecular formula is C8H7F3N2O4S. The molecule has 1 aromatic rings. The fraction of sp³-hybridized carbons (Fsp3) is 0.250. The number of alkyl halides is 2. The van der Waals surface area contributed by atoms with Gasteiger partial charge in [0.15, 0.2) is 0 Å². The summed E-state index contributed by atoms with van der Waals surface area (Å²) in [5, 5.41) is 10.3. The average molecular weight is 284 g/mol. The molecule has 0 aromatic heterocycles. The van der Waals surface area contributed by atoms with Crippen LogP contribution in [0.15, 0.2) is 23.1 Å². The number of nitro benzene ring substituents is 1. The van der Waals surface area contributed by atoms with Gasteiger partial charge in [-0.15, -0.1) is 0 Å². The van der Waals surface area contributed by atoms with Crippen molar-refractivity contribution in [2.45, 2.75) is 11.3 Å². The van der Waals surface area contributed by atoms with Crippen molar-refractivity contribution >= 4 is 15.7 Å². The van der Waals surface area contributed by atoms with Gasteiger partial charge in [0.2, 0.25) is 15.8 Å². The van der Waals surface area contributed by atoms with Crippen LogP contribution in [0.4, 0.5) is 18.9 Å². The molecule has 1 N–H and O–H groups in total. The lowest BCUT2D eigenvalue weighted by Gasteiger charge is -2.06. The van der Waals surface area contributed by atoms with E-state index in [0.717, 1.165) is 6.07 Å². The van der Waals surface area contributed by atoms with E-state index in [4.69, 9.17) is 0 Å². The standard InChI is InChI=1S/C8H7F3N2O4S/c9-6-3-5(1-2-7(6)13(14)15)18(16,17)12-4-8(10)11/h1-3,8,12H,4H2. The molecule has 0 amide bonds. The number of nitro groups is 1. The lowest BCUT2D eigenvalue weighted by Crippen LogP contribution is -2.28. The van der Waals surface area contributed by atoms with Crippen LogP contribution < -0.4 is 4.72 Å². The van der Waals surface area contributed by atoms with Crippen LogP contribution in [0, 0.1) is 15.9 Å². The first-order chi connectivity index (χ1) is 8.24. The first-order valence-corrected chi connectivity index (χ1v) is 5.94. The van der Waals surface area contributed by atoms with E-state index in [1.54, 1.807) is 0 Å². The second-order valence-electron chi connectivity index (χ2n) is 3.11. The zero-order valence-corrected chi connectivity index (χ0v) is 9.46. The van der Waals surface area contributed by atoms with Crippen molar-refractivity contribution < 1.29 is 26.5 Å². The topological polar surface area (TPSA) is 89.3 Å². The molecule has 0 aliphatic carbocycles.